The lowest BCUT2D eigenvalue weighted by Crippen LogP contribution is -2.07. The van der Waals surface area contributed by atoms with Crippen LogP contribution in [0.1, 0.15) is 38.2 Å². The molecule has 0 amide bonds. The molecule has 0 aliphatic carbocycles. The van der Waals surface area contributed by atoms with Crippen LogP contribution in [0.5, 0.6) is 0 Å². The summed E-state index contributed by atoms with van der Waals surface area (Å²) in [5, 5.41) is 0.603. The van der Waals surface area contributed by atoms with E-state index >= 15 is 0 Å². The summed E-state index contributed by atoms with van der Waals surface area (Å²) in [7, 11) is 0. The standard InChI is InChI=1S/C17H17ClO/c1-10-5-12(3)16(13(4)6-10)17(19)14-7-11(2)8-15(18)9-14/h5-9H,1-4H3. The molecule has 19 heavy (non-hydrogen) atoms. The first kappa shape index (κ1) is 13.8. The van der Waals surface area contributed by atoms with Gasteiger partial charge in [-0.15, -0.1) is 0 Å². The van der Waals surface area contributed by atoms with Crippen molar-refractivity contribution >= 4 is 17.4 Å². The van der Waals surface area contributed by atoms with Gasteiger partial charge in [0.25, 0.3) is 0 Å². The predicted molar refractivity (Wildman–Crippen MR) is 80.3 cm³/mol. The highest BCUT2D eigenvalue weighted by Gasteiger charge is 2.15. The quantitative estimate of drug-likeness (QED) is 0.718. The summed E-state index contributed by atoms with van der Waals surface area (Å²) in [5.74, 6) is 0.0422. The van der Waals surface area contributed by atoms with Gasteiger partial charge in [-0.3, -0.25) is 4.79 Å². The molecule has 0 aliphatic rings. The van der Waals surface area contributed by atoms with Crippen LogP contribution in [0.3, 0.4) is 0 Å². The van der Waals surface area contributed by atoms with E-state index in [0.717, 1.165) is 22.3 Å². The molecule has 0 atom stereocenters. The molecule has 1 nitrogen and oxygen atoms in total. The zero-order valence-corrected chi connectivity index (χ0v) is 12.4. The number of benzene rings is 2. The first-order valence-corrected chi connectivity index (χ1v) is 6.66. The van der Waals surface area contributed by atoms with Gasteiger partial charge >= 0.3 is 0 Å². The minimum absolute atomic E-state index is 0.0422. The number of hydrogen-bond donors (Lipinski definition) is 0. The molecule has 0 aromatic heterocycles. The molecule has 2 aromatic carbocycles. The molecule has 0 saturated heterocycles. The van der Waals surface area contributed by atoms with Crippen LogP contribution in [0, 0.1) is 27.7 Å². The Labute approximate surface area is 119 Å². The summed E-state index contributed by atoms with van der Waals surface area (Å²) >= 11 is 6.03. The molecule has 2 aromatic rings. The SMILES string of the molecule is Cc1cc(Cl)cc(C(=O)c2c(C)cc(C)cc2C)c1. The van der Waals surface area contributed by atoms with Crippen molar-refractivity contribution in [1.29, 1.82) is 0 Å². The van der Waals surface area contributed by atoms with Gasteiger partial charge in [-0.05, 0) is 62.6 Å². The Kier molecular flexibility index (Phi) is 3.77. The molecular weight excluding hydrogens is 256 g/mol. The molecule has 2 heteroatoms. The molecule has 0 fully saturated rings. The van der Waals surface area contributed by atoms with Crippen molar-refractivity contribution < 1.29 is 4.79 Å². The van der Waals surface area contributed by atoms with Crippen LogP contribution in [-0.4, -0.2) is 5.78 Å². The first-order chi connectivity index (χ1) is 8.88. The highest BCUT2D eigenvalue weighted by molar-refractivity contribution is 6.31. The lowest BCUT2D eigenvalue weighted by molar-refractivity contribution is 0.103. The Morgan fingerprint density at radius 1 is 0.842 bits per heavy atom. The molecule has 0 bridgehead atoms. The van der Waals surface area contributed by atoms with Crippen molar-refractivity contribution in [2.24, 2.45) is 0 Å². The van der Waals surface area contributed by atoms with E-state index in [1.807, 2.05) is 52.0 Å². The van der Waals surface area contributed by atoms with Crippen molar-refractivity contribution in [3.05, 3.63) is 68.7 Å². The Bertz CT molecular complexity index is 613. The minimum Gasteiger partial charge on any atom is -0.289 e. The molecule has 0 radical (unpaired) electrons. The first-order valence-electron chi connectivity index (χ1n) is 6.28. The fourth-order valence-electron chi connectivity index (χ4n) is 2.55. The van der Waals surface area contributed by atoms with Gasteiger partial charge in [0, 0.05) is 16.1 Å². The Morgan fingerprint density at radius 2 is 1.37 bits per heavy atom. The summed E-state index contributed by atoms with van der Waals surface area (Å²) in [6.07, 6.45) is 0. The second-order valence-electron chi connectivity index (χ2n) is 5.12. The van der Waals surface area contributed by atoms with E-state index in [0.29, 0.717) is 10.6 Å². The van der Waals surface area contributed by atoms with Crippen molar-refractivity contribution in [2.45, 2.75) is 27.7 Å². The Balaban J connectivity index is 2.56. The summed E-state index contributed by atoms with van der Waals surface area (Å²) in [6, 6.07) is 9.55. The number of halogens is 1. The minimum atomic E-state index is 0.0422. The van der Waals surface area contributed by atoms with Crippen LogP contribution < -0.4 is 0 Å². The zero-order valence-electron chi connectivity index (χ0n) is 11.7. The monoisotopic (exact) mass is 272 g/mol. The maximum atomic E-state index is 12.6. The normalized spacial score (nSPS) is 10.6. The molecule has 0 unspecified atom stereocenters. The lowest BCUT2D eigenvalue weighted by Gasteiger charge is -2.11. The number of hydrogen-bond acceptors (Lipinski definition) is 1. The number of ketones is 1. The lowest BCUT2D eigenvalue weighted by atomic mass is 9.93. The molecule has 0 N–H and O–H groups in total. The fourth-order valence-corrected chi connectivity index (χ4v) is 2.84. The van der Waals surface area contributed by atoms with Crippen molar-refractivity contribution in [2.75, 3.05) is 0 Å². The fraction of sp³-hybridized carbons (Fsp3) is 0.235. The molecule has 98 valence electrons. The Hall–Kier alpha value is -1.60. The smallest absolute Gasteiger partial charge is 0.193 e. The molecule has 0 heterocycles. The molecular formula is C17H17ClO. The maximum Gasteiger partial charge on any atom is 0.193 e. The number of carbonyl (C=O) groups is 1. The van der Waals surface area contributed by atoms with Gasteiger partial charge in [-0.1, -0.05) is 29.3 Å². The maximum absolute atomic E-state index is 12.6. The van der Waals surface area contributed by atoms with Gasteiger partial charge in [0.2, 0.25) is 0 Å². The summed E-state index contributed by atoms with van der Waals surface area (Å²) in [4.78, 5) is 12.6. The Morgan fingerprint density at radius 3 is 1.89 bits per heavy atom. The van der Waals surface area contributed by atoms with E-state index in [-0.39, 0.29) is 5.78 Å². The van der Waals surface area contributed by atoms with Gasteiger partial charge in [0.1, 0.15) is 0 Å². The predicted octanol–water partition coefficient (Wildman–Crippen LogP) is 4.80. The van der Waals surface area contributed by atoms with E-state index in [1.165, 1.54) is 5.56 Å². The molecule has 2 rings (SSSR count). The second-order valence-corrected chi connectivity index (χ2v) is 5.56. The summed E-state index contributed by atoms with van der Waals surface area (Å²) in [6.45, 7) is 7.94. The molecule has 0 saturated carbocycles. The topological polar surface area (TPSA) is 17.1 Å². The van der Waals surface area contributed by atoms with E-state index in [2.05, 4.69) is 0 Å². The third-order valence-electron chi connectivity index (χ3n) is 3.21. The summed E-state index contributed by atoms with van der Waals surface area (Å²) in [5.41, 5.74) is 5.64. The van der Waals surface area contributed by atoms with E-state index in [4.69, 9.17) is 11.6 Å². The van der Waals surface area contributed by atoms with Crippen LogP contribution in [-0.2, 0) is 0 Å². The highest BCUT2D eigenvalue weighted by atomic mass is 35.5. The molecule has 0 spiro atoms. The second kappa shape index (κ2) is 5.18. The van der Waals surface area contributed by atoms with Crippen LogP contribution in [0.2, 0.25) is 5.02 Å². The van der Waals surface area contributed by atoms with Gasteiger partial charge in [0.15, 0.2) is 5.78 Å². The molecule has 0 aliphatic heterocycles. The number of carbonyl (C=O) groups excluding carboxylic acids is 1. The largest absolute Gasteiger partial charge is 0.289 e. The average molecular weight is 273 g/mol. The highest BCUT2D eigenvalue weighted by Crippen LogP contribution is 2.22. The van der Waals surface area contributed by atoms with Crippen molar-refractivity contribution in [3.8, 4) is 0 Å². The van der Waals surface area contributed by atoms with Crippen molar-refractivity contribution in [1.82, 2.24) is 0 Å². The zero-order chi connectivity index (χ0) is 14.2. The van der Waals surface area contributed by atoms with Crippen LogP contribution in [0.25, 0.3) is 0 Å². The van der Waals surface area contributed by atoms with E-state index < -0.39 is 0 Å². The van der Waals surface area contributed by atoms with Gasteiger partial charge in [-0.2, -0.15) is 0 Å². The van der Waals surface area contributed by atoms with Crippen LogP contribution in [0.4, 0.5) is 0 Å². The number of rotatable bonds is 2. The average Bonchev–Trinajstić information content (AvgIpc) is 2.25. The van der Waals surface area contributed by atoms with Crippen molar-refractivity contribution in [3.63, 3.8) is 0 Å². The van der Waals surface area contributed by atoms with E-state index in [9.17, 15) is 4.79 Å². The van der Waals surface area contributed by atoms with Gasteiger partial charge in [0.05, 0.1) is 0 Å². The van der Waals surface area contributed by atoms with Crippen LogP contribution >= 0.6 is 11.6 Å². The third kappa shape index (κ3) is 2.87. The third-order valence-corrected chi connectivity index (χ3v) is 3.43. The van der Waals surface area contributed by atoms with Gasteiger partial charge < -0.3 is 0 Å². The number of aryl methyl sites for hydroxylation is 4. The van der Waals surface area contributed by atoms with Crippen LogP contribution in [0.15, 0.2) is 30.3 Å². The van der Waals surface area contributed by atoms with Gasteiger partial charge in [-0.25, -0.2) is 0 Å². The summed E-state index contributed by atoms with van der Waals surface area (Å²) < 4.78 is 0. The van der Waals surface area contributed by atoms with E-state index in [1.54, 1.807) is 6.07 Å².